The summed E-state index contributed by atoms with van der Waals surface area (Å²) in [5.74, 6) is 0.121. The first-order chi connectivity index (χ1) is 14.7. The summed E-state index contributed by atoms with van der Waals surface area (Å²) in [6, 6.07) is 16.0. The van der Waals surface area contributed by atoms with Crippen LogP contribution in [0.1, 0.15) is 5.56 Å². The number of fused-ring (bicyclic) bond motifs is 3. The van der Waals surface area contributed by atoms with E-state index in [1.54, 1.807) is 35.2 Å². The van der Waals surface area contributed by atoms with Gasteiger partial charge in [-0.25, -0.2) is 9.37 Å². The number of hydrogen-bond acceptors (Lipinski definition) is 5. The quantitative estimate of drug-likeness (QED) is 0.472. The Labute approximate surface area is 170 Å². The van der Waals surface area contributed by atoms with E-state index in [-0.39, 0.29) is 11.4 Å². The van der Waals surface area contributed by atoms with Gasteiger partial charge in [0.1, 0.15) is 11.3 Å². The largest absolute Gasteiger partial charge is 0.354 e. The van der Waals surface area contributed by atoms with E-state index in [9.17, 15) is 9.18 Å². The molecule has 0 bridgehead atoms. The molecule has 0 unspecified atom stereocenters. The number of H-pyrrole nitrogens is 1. The van der Waals surface area contributed by atoms with Crippen LogP contribution in [0.3, 0.4) is 0 Å². The zero-order valence-corrected chi connectivity index (χ0v) is 15.8. The predicted octanol–water partition coefficient (Wildman–Crippen LogP) is 3.45. The summed E-state index contributed by atoms with van der Waals surface area (Å²) < 4.78 is 15.4. The number of nitrogens with zero attached hydrogens (tertiary/aromatic N) is 4. The van der Waals surface area contributed by atoms with E-state index in [0.29, 0.717) is 52.1 Å². The lowest BCUT2D eigenvalue weighted by molar-refractivity contribution is 0.610. The smallest absolute Gasteiger partial charge is 0.267 e. The van der Waals surface area contributed by atoms with E-state index in [2.05, 4.69) is 25.5 Å². The summed E-state index contributed by atoms with van der Waals surface area (Å²) in [6.07, 6.45) is 3.71. The standard InChI is InChI=1S/C22H17FN6O/c23-18-9-5-4-6-14(18)10-11-24-22-25-12-16-19-17(13-26-28-19)21(30)29(20(16)27-22)15-7-2-1-3-8-15/h1-9,12-13H,10-11H2,(H,26,28)(H,24,25,27). The molecule has 0 aliphatic heterocycles. The highest BCUT2D eigenvalue weighted by Gasteiger charge is 2.16. The molecule has 0 amide bonds. The highest BCUT2D eigenvalue weighted by atomic mass is 19.1. The fourth-order valence-corrected chi connectivity index (χ4v) is 3.50. The minimum atomic E-state index is -0.238. The second kappa shape index (κ2) is 7.40. The minimum Gasteiger partial charge on any atom is -0.354 e. The maximum atomic E-state index is 13.8. The van der Waals surface area contributed by atoms with Crippen LogP contribution in [0.5, 0.6) is 0 Å². The number of para-hydroxylation sites is 1. The Kier molecular flexibility index (Phi) is 4.44. The van der Waals surface area contributed by atoms with Gasteiger partial charge in [-0.3, -0.25) is 14.5 Å². The molecule has 5 aromatic rings. The Bertz CT molecular complexity index is 1410. The second-order valence-electron chi connectivity index (χ2n) is 6.82. The molecule has 5 rings (SSSR count). The molecule has 0 atom stereocenters. The normalized spacial score (nSPS) is 11.2. The number of aromatic amines is 1. The van der Waals surface area contributed by atoms with Gasteiger partial charge in [-0.2, -0.15) is 10.1 Å². The molecule has 0 aliphatic carbocycles. The Morgan fingerprint density at radius 1 is 1.03 bits per heavy atom. The van der Waals surface area contributed by atoms with E-state index in [1.807, 2.05) is 30.3 Å². The molecule has 2 N–H and O–H groups in total. The van der Waals surface area contributed by atoms with Crippen LogP contribution >= 0.6 is 0 Å². The van der Waals surface area contributed by atoms with Gasteiger partial charge in [0.25, 0.3) is 5.56 Å². The van der Waals surface area contributed by atoms with E-state index < -0.39 is 0 Å². The SMILES string of the molecule is O=c1c2c[nH]nc2c2cnc(NCCc3ccccc3F)nc2n1-c1ccccc1. The van der Waals surface area contributed by atoms with Crippen molar-refractivity contribution in [2.75, 3.05) is 11.9 Å². The lowest BCUT2D eigenvalue weighted by Gasteiger charge is -2.12. The average Bonchev–Trinajstić information content (AvgIpc) is 3.27. The molecule has 7 nitrogen and oxygen atoms in total. The first-order valence-corrected chi connectivity index (χ1v) is 9.50. The highest BCUT2D eigenvalue weighted by molar-refractivity contribution is 6.02. The lowest BCUT2D eigenvalue weighted by Crippen LogP contribution is -2.20. The maximum Gasteiger partial charge on any atom is 0.267 e. The zero-order chi connectivity index (χ0) is 20.5. The number of benzene rings is 2. The Balaban J connectivity index is 1.57. The topological polar surface area (TPSA) is 88.5 Å². The number of halogens is 1. The molecule has 0 saturated heterocycles. The van der Waals surface area contributed by atoms with Crippen LogP contribution in [-0.2, 0) is 6.42 Å². The molecule has 8 heteroatoms. The van der Waals surface area contributed by atoms with Gasteiger partial charge in [0.15, 0.2) is 5.65 Å². The van der Waals surface area contributed by atoms with Crippen LogP contribution in [0.2, 0.25) is 0 Å². The van der Waals surface area contributed by atoms with Crippen LogP contribution in [0, 0.1) is 5.82 Å². The molecule has 3 aromatic heterocycles. The molecule has 148 valence electrons. The van der Waals surface area contributed by atoms with Crippen LogP contribution in [0.25, 0.3) is 27.6 Å². The predicted molar refractivity (Wildman–Crippen MR) is 113 cm³/mol. The molecular formula is C22H17FN6O. The molecule has 2 aromatic carbocycles. The summed E-state index contributed by atoms with van der Waals surface area (Å²) in [5, 5.41) is 11.2. The monoisotopic (exact) mass is 400 g/mol. The molecule has 0 aliphatic rings. The van der Waals surface area contributed by atoms with E-state index in [0.717, 1.165) is 0 Å². The van der Waals surface area contributed by atoms with Gasteiger partial charge in [-0.05, 0) is 30.2 Å². The molecule has 0 fully saturated rings. The van der Waals surface area contributed by atoms with Crippen molar-refractivity contribution >= 4 is 27.9 Å². The van der Waals surface area contributed by atoms with Crippen molar-refractivity contribution in [1.82, 2.24) is 24.7 Å². The first kappa shape index (κ1) is 18.0. The van der Waals surface area contributed by atoms with Crippen molar-refractivity contribution in [1.29, 1.82) is 0 Å². The van der Waals surface area contributed by atoms with E-state index >= 15 is 0 Å². The van der Waals surface area contributed by atoms with Crippen LogP contribution in [0.15, 0.2) is 71.8 Å². The minimum absolute atomic E-state index is 0.214. The Morgan fingerprint density at radius 2 is 1.83 bits per heavy atom. The molecule has 3 heterocycles. The lowest BCUT2D eigenvalue weighted by atomic mass is 10.1. The summed E-state index contributed by atoms with van der Waals surface area (Å²) in [6.45, 7) is 0.451. The van der Waals surface area contributed by atoms with Gasteiger partial charge >= 0.3 is 0 Å². The van der Waals surface area contributed by atoms with Gasteiger partial charge in [-0.15, -0.1) is 0 Å². The summed E-state index contributed by atoms with van der Waals surface area (Å²) >= 11 is 0. The highest BCUT2D eigenvalue weighted by Crippen LogP contribution is 2.22. The first-order valence-electron chi connectivity index (χ1n) is 9.50. The van der Waals surface area contributed by atoms with Crippen molar-refractivity contribution in [2.45, 2.75) is 6.42 Å². The summed E-state index contributed by atoms with van der Waals surface area (Å²) in [5.41, 5.74) is 2.08. The van der Waals surface area contributed by atoms with Gasteiger partial charge in [0.05, 0.1) is 16.5 Å². The molecular weight excluding hydrogens is 383 g/mol. The number of anilines is 1. The van der Waals surface area contributed by atoms with Gasteiger partial charge < -0.3 is 5.32 Å². The third-order valence-corrected chi connectivity index (χ3v) is 4.96. The van der Waals surface area contributed by atoms with Crippen molar-refractivity contribution in [3.8, 4) is 5.69 Å². The fourth-order valence-electron chi connectivity index (χ4n) is 3.50. The maximum absolute atomic E-state index is 13.8. The number of hydrogen-bond donors (Lipinski definition) is 2. The van der Waals surface area contributed by atoms with Crippen molar-refractivity contribution < 1.29 is 4.39 Å². The van der Waals surface area contributed by atoms with E-state index in [1.165, 1.54) is 6.07 Å². The molecule has 0 spiro atoms. The Morgan fingerprint density at radius 3 is 2.67 bits per heavy atom. The van der Waals surface area contributed by atoms with Crippen molar-refractivity contribution in [2.24, 2.45) is 0 Å². The number of aromatic nitrogens is 5. The summed E-state index contributed by atoms with van der Waals surface area (Å²) in [7, 11) is 0. The van der Waals surface area contributed by atoms with Gasteiger partial charge in [0.2, 0.25) is 5.95 Å². The van der Waals surface area contributed by atoms with Crippen molar-refractivity contribution in [3.05, 3.63) is 88.7 Å². The summed E-state index contributed by atoms with van der Waals surface area (Å²) in [4.78, 5) is 22.1. The number of pyridine rings is 1. The molecule has 0 saturated carbocycles. The number of rotatable bonds is 5. The van der Waals surface area contributed by atoms with Gasteiger partial charge in [-0.1, -0.05) is 36.4 Å². The zero-order valence-electron chi connectivity index (χ0n) is 15.8. The average molecular weight is 400 g/mol. The Hall–Kier alpha value is -4.07. The van der Waals surface area contributed by atoms with Crippen molar-refractivity contribution in [3.63, 3.8) is 0 Å². The number of nitrogens with one attached hydrogen (secondary N) is 2. The fraction of sp³-hybridized carbons (Fsp3) is 0.0909. The van der Waals surface area contributed by atoms with Crippen LogP contribution in [-0.4, -0.2) is 31.3 Å². The molecule has 30 heavy (non-hydrogen) atoms. The van der Waals surface area contributed by atoms with Crippen LogP contribution in [0.4, 0.5) is 10.3 Å². The second-order valence-corrected chi connectivity index (χ2v) is 6.82. The molecule has 0 radical (unpaired) electrons. The van der Waals surface area contributed by atoms with Gasteiger partial charge in [0, 0.05) is 18.9 Å². The third kappa shape index (κ3) is 3.08. The van der Waals surface area contributed by atoms with Crippen LogP contribution < -0.4 is 10.9 Å². The van der Waals surface area contributed by atoms with E-state index in [4.69, 9.17) is 0 Å². The third-order valence-electron chi connectivity index (χ3n) is 4.96.